The molecule has 1 atom stereocenters. The van der Waals surface area contributed by atoms with Crippen molar-refractivity contribution in [1.29, 1.82) is 0 Å². The molecule has 2 aromatic heterocycles. The van der Waals surface area contributed by atoms with E-state index in [4.69, 9.17) is 11.6 Å². The fraction of sp³-hybridized carbons (Fsp3) is 0.500. The van der Waals surface area contributed by atoms with Gasteiger partial charge in [0.05, 0.1) is 0 Å². The second-order valence-corrected chi connectivity index (χ2v) is 4.59. The molecule has 0 radical (unpaired) electrons. The van der Waals surface area contributed by atoms with Crippen LogP contribution in [0, 0.1) is 5.92 Å². The van der Waals surface area contributed by atoms with Crippen LogP contribution in [0.2, 0.25) is 5.15 Å². The molecular formula is C10H12ClN5. The van der Waals surface area contributed by atoms with Gasteiger partial charge >= 0.3 is 0 Å². The molecule has 0 aliphatic heterocycles. The Morgan fingerprint density at radius 3 is 3.12 bits per heavy atom. The zero-order valence-corrected chi connectivity index (χ0v) is 9.65. The molecule has 2 aromatic rings. The number of nitrogens with one attached hydrogen (secondary N) is 1. The highest BCUT2D eigenvalue weighted by atomic mass is 35.5. The summed E-state index contributed by atoms with van der Waals surface area (Å²) in [5.74, 6) is 2.15. The molecule has 2 heterocycles. The largest absolute Gasteiger partial charge is 0.367 e. The summed E-state index contributed by atoms with van der Waals surface area (Å²) >= 11 is 5.93. The molecular weight excluding hydrogens is 226 g/mol. The van der Waals surface area contributed by atoms with Gasteiger partial charge in [0, 0.05) is 12.1 Å². The van der Waals surface area contributed by atoms with Gasteiger partial charge < -0.3 is 5.32 Å². The van der Waals surface area contributed by atoms with Crippen molar-refractivity contribution in [1.82, 2.24) is 19.6 Å². The van der Waals surface area contributed by atoms with E-state index in [2.05, 4.69) is 27.3 Å². The summed E-state index contributed by atoms with van der Waals surface area (Å²) in [6.45, 7) is 2.18. The van der Waals surface area contributed by atoms with Gasteiger partial charge in [-0.25, -0.2) is 0 Å². The average molecular weight is 238 g/mol. The number of nitrogens with zero attached hydrogens (tertiary/aromatic N) is 4. The van der Waals surface area contributed by atoms with Crippen LogP contribution in [0.5, 0.6) is 0 Å². The number of halogens is 1. The lowest BCUT2D eigenvalue weighted by atomic mass is 10.2. The Bertz CT molecular complexity index is 519. The highest BCUT2D eigenvalue weighted by Gasteiger charge is 2.28. The van der Waals surface area contributed by atoms with E-state index in [1.54, 1.807) is 10.6 Å². The van der Waals surface area contributed by atoms with E-state index < -0.39 is 0 Å². The number of fused-ring (bicyclic) bond motifs is 1. The maximum atomic E-state index is 5.93. The van der Waals surface area contributed by atoms with Crippen molar-refractivity contribution < 1.29 is 0 Å². The minimum atomic E-state index is 0.436. The molecule has 5 nitrogen and oxygen atoms in total. The monoisotopic (exact) mass is 237 g/mol. The molecule has 6 heteroatoms. The second kappa shape index (κ2) is 3.59. The maximum absolute atomic E-state index is 5.93. The van der Waals surface area contributed by atoms with Crippen molar-refractivity contribution in [2.24, 2.45) is 5.92 Å². The van der Waals surface area contributed by atoms with Crippen LogP contribution >= 0.6 is 11.6 Å². The van der Waals surface area contributed by atoms with Crippen LogP contribution in [-0.4, -0.2) is 25.6 Å². The number of anilines is 1. The van der Waals surface area contributed by atoms with Gasteiger partial charge in [0.25, 0.3) is 5.78 Å². The highest BCUT2D eigenvalue weighted by molar-refractivity contribution is 6.29. The summed E-state index contributed by atoms with van der Waals surface area (Å²) in [6.07, 6.45) is 4.08. The molecule has 0 saturated heterocycles. The van der Waals surface area contributed by atoms with E-state index in [9.17, 15) is 0 Å². The second-order valence-electron chi connectivity index (χ2n) is 4.21. The predicted octanol–water partition coefficient (Wildman–Crippen LogP) is 1.99. The molecule has 1 fully saturated rings. The van der Waals surface area contributed by atoms with E-state index in [1.165, 1.54) is 19.2 Å². The SMILES string of the molecule is CC(Nc1cc(Cl)nc2ncnn12)C1CC1. The molecule has 0 aromatic carbocycles. The third-order valence-corrected chi connectivity index (χ3v) is 3.12. The quantitative estimate of drug-likeness (QED) is 0.830. The fourth-order valence-corrected chi connectivity index (χ4v) is 2.01. The van der Waals surface area contributed by atoms with Crippen LogP contribution in [-0.2, 0) is 0 Å². The third kappa shape index (κ3) is 1.71. The average Bonchev–Trinajstić information content (AvgIpc) is 2.98. The Hall–Kier alpha value is -1.36. The van der Waals surface area contributed by atoms with Crippen molar-refractivity contribution in [2.75, 3.05) is 5.32 Å². The van der Waals surface area contributed by atoms with Crippen molar-refractivity contribution in [3.63, 3.8) is 0 Å². The summed E-state index contributed by atoms with van der Waals surface area (Å²) in [4.78, 5) is 8.10. The summed E-state index contributed by atoms with van der Waals surface area (Å²) in [6, 6.07) is 2.22. The minimum Gasteiger partial charge on any atom is -0.367 e. The van der Waals surface area contributed by atoms with Crippen LogP contribution in [0.1, 0.15) is 19.8 Å². The summed E-state index contributed by atoms with van der Waals surface area (Å²) in [5.41, 5.74) is 0. The Kier molecular flexibility index (Phi) is 2.21. The lowest BCUT2D eigenvalue weighted by Gasteiger charge is -2.14. The van der Waals surface area contributed by atoms with Gasteiger partial charge in [0.1, 0.15) is 17.3 Å². The Morgan fingerprint density at radius 2 is 2.38 bits per heavy atom. The van der Waals surface area contributed by atoms with Gasteiger partial charge in [-0.1, -0.05) is 11.6 Å². The van der Waals surface area contributed by atoms with Crippen LogP contribution < -0.4 is 5.32 Å². The van der Waals surface area contributed by atoms with Crippen molar-refractivity contribution in [2.45, 2.75) is 25.8 Å². The normalized spacial score (nSPS) is 17.6. The first-order chi connectivity index (χ1) is 7.74. The minimum absolute atomic E-state index is 0.436. The first-order valence-electron chi connectivity index (χ1n) is 5.37. The molecule has 1 N–H and O–H groups in total. The summed E-state index contributed by atoms with van der Waals surface area (Å²) in [7, 11) is 0. The molecule has 1 saturated carbocycles. The van der Waals surface area contributed by atoms with Crippen molar-refractivity contribution >= 4 is 23.2 Å². The summed E-state index contributed by atoms with van der Waals surface area (Å²) < 4.78 is 1.67. The number of aromatic nitrogens is 4. The molecule has 0 spiro atoms. The lowest BCUT2D eigenvalue weighted by molar-refractivity contribution is 0.685. The fourth-order valence-electron chi connectivity index (χ4n) is 1.83. The molecule has 16 heavy (non-hydrogen) atoms. The molecule has 1 aliphatic rings. The first kappa shape index (κ1) is 9.84. The Balaban J connectivity index is 1.97. The molecule has 1 aliphatic carbocycles. The van der Waals surface area contributed by atoms with Gasteiger partial charge in [0.15, 0.2) is 0 Å². The van der Waals surface area contributed by atoms with Crippen LogP contribution in [0.3, 0.4) is 0 Å². The van der Waals surface area contributed by atoms with E-state index in [0.29, 0.717) is 17.0 Å². The third-order valence-electron chi connectivity index (χ3n) is 2.93. The van der Waals surface area contributed by atoms with Gasteiger partial charge in [-0.3, -0.25) is 0 Å². The topological polar surface area (TPSA) is 55.1 Å². The molecule has 1 unspecified atom stereocenters. The van der Waals surface area contributed by atoms with Crippen LogP contribution in [0.25, 0.3) is 5.78 Å². The smallest absolute Gasteiger partial charge is 0.255 e. The van der Waals surface area contributed by atoms with Gasteiger partial charge in [-0.15, -0.1) is 0 Å². The summed E-state index contributed by atoms with van der Waals surface area (Å²) in [5, 5.41) is 7.96. The standard InChI is InChI=1S/C10H12ClN5/c1-6(7-2-3-7)14-9-4-8(11)15-10-12-5-13-16(9)10/h4-7,14H,2-3H2,1H3. The highest BCUT2D eigenvalue weighted by Crippen LogP contribution is 2.34. The van der Waals surface area contributed by atoms with E-state index in [-0.39, 0.29) is 0 Å². The van der Waals surface area contributed by atoms with Crippen molar-refractivity contribution in [3.05, 3.63) is 17.5 Å². The maximum Gasteiger partial charge on any atom is 0.255 e. The van der Waals surface area contributed by atoms with Gasteiger partial charge in [-0.05, 0) is 25.7 Å². The Morgan fingerprint density at radius 1 is 1.56 bits per heavy atom. The molecule has 3 rings (SSSR count). The number of rotatable bonds is 3. The molecule has 0 bridgehead atoms. The number of hydrogen-bond donors (Lipinski definition) is 1. The Labute approximate surface area is 97.8 Å². The lowest BCUT2D eigenvalue weighted by Crippen LogP contribution is -2.19. The van der Waals surface area contributed by atoms with Crippen molar-refractivity contribution in [3.8, 4) is 0 Å². The molecule has 84 valence electrons. The van der Waals surface area contributed by atoms with Gasteiger partial charge in [0.2, 0.25) is 0 Å². The van der Waals surface area contributed by atoms with E-state index >= 15 is 0 Å². The van der Waals surface area contributed by atoms with E-state index in [1.807, 2.05) is 0 Å². The zero-order chi connectivity index (χ0) is 11.1. The number of hydrogen-bond acceptors (Lipinski definition) is 4. The van der Waals surface area contributed by atoms with Crippen LogP contribution in [0.4, 0.5) is 5.82 Å². The van der Waals surface area contributed by atoms with E-state index in [0.717, 1.165) is 11.7 Å². The molecule has 0 amide bonds. The predicted molar refractivity (Wildman–Crippen MR) is 61.6 cm³/mol. The zero-order valence-electron chi connectivity index (χ0n) is 8.89. The van der Waals surface area contributed by atoms with Crippen LogP contribution in [0.15, 0.2) is 12.4 Å². The first-order valence-corrected chi connectivity index (χ1v) is 5.74. The van der Waals surface area contributed by atoms with Gasteiger partial charge in [-0.2, -0.15) is 19.6 Å².